The van der Waals surface area contributed by atoms with Crippen LogP contribution in [0.25, 0.3) is 0 Å². The molecule has 106 valence electrons. The molecule has 0 saturated carbocycles. The van der Waals surface area contributed by atoms with E-state index >= 15 is 0 Å². The van der Waals surface area contributed by atoms with Crippen molar-refractivity contribution in [1.29, 1.82) is 0 Å². The predicted octanol–water partition coefficient (Wildman–Crippen LogP) is 2.37. The van der Waals surface area contributed by atoms with Crippen LogP contribution in [0.4, 0.5) is 0 Å². The number of hydrogen-bond acceptors (Lipinski definition) is 4. The molecule has 4 nitrogen and oxygen atoms in total. The van der Waals surface area contributed by atoms with Crippen molar-refractivity contribution in [1.82, 2.24) is 9.21 Å². The number of hydrogen-bond donors (Lipinski definition) is 0. The molecule has 3 heterocycles. The first-order valence-corrected chi connectivity index (χ1v) is 9.62. The molecule has 7 heteroatoms. The molecule has 3 rings (SSSR count). The van der Waals surface area contributed by atoms with Crippen LogP contribution in [0, 0.1) is 0 Å². The van der Waals surface area contributed by atoms with E-state index in [1.165, 1.54) is 24.2 Å². The highest BCUT2D eigenvalue weighted by Crippen LogP contribution is 2.31. The zero-order valence-electron chi connectivity index (χ0n) is 10.6. The molecule has 0 spiro atoms. The highest BCUT2D eigenvalue weighted by molar-refractivity contribution is 9.11. The third-order valence-electron chi connectivity index (χ3n) is 3.93. The Morgan fingerprint density at radius 2 is 1.95 bits per heavy atom. The summed E-state index contributed by atoms with van der Waals surface area (Å²) in [6.07, 6.45) is 3.47. The van der Waals surface area contributed by atoms with Crippen molar-refractivity contribution in [2.24, 2.45) is 0 Å². The van der Waals surface area contributed by atoms with Crippen molar-refractivity contribution >= 4 is 37.3 Å². The molecule has 0 N–H and O–H groups in total. The second kappa shape index (κ2) is 5.44. The van der Waals surface area contributed by atoms with Gasteiger partial charge in [0.05, 0.1) is 3.79 Å². The van der Waals surface area contributed by atoms with Crippen molar-refractivity contribution in [3.63, 3.8) is 0 Å². The summed E-state index contributed by atoms with van der Waals surface area (Å²) in [6.45, 7) is 3.56. The van der Waals surface area contributed by atoms with Crippen LogP contribution >= 0.6 is 27.3 Å². The summed E-state index contributed by atoms with van der Waals surface area (Å²) >= 11 is 4.61. The van der Waals surface area contributed by atoms with E-state index in [4.69, 9.17) is 0 Å². The first kappa shape index (κ1) is 14.0. The molecule has 0 amide bonds. The smallest absolute Gasteiger partial charge is 0.252 e. The fraction of sp³-hybridized carbons (Fsp3) is 0.667. The van der Waals surface area contributed by atoms with Gasteiger partial charge in [0.2, 0.25) is 0 Å². The van der Waals surface area contributed by atoms with Crippen LogP contribution in [0.1, 0.15) is 19.3 Å². The largest absolute Gasteiger partial charge is 0.299 e. The average molecular weight is 365 g/mol. The van der Waals surface area contributed by atoms with Gasteiger partial charge in [-0.15, -0.1) is 11.3 Å². The Kier molecular flexibility index (Phi) is 4.01. The number of nitrogens with zero attached hydrogens (tertiary/aromatic N) is 2. The maximum absolute atomic E-state index is 12.5. The SMILES string of the molecule is O=S(=O)(c1ccc(Br)s1)N1CCC(N2CCCC2)C1. The van der Waals surface area contributed by atoms with E-state index in [1.54, 1.807) is 16.4 Å². The van der Waals surface area contributed by atoms with Gasteiger partial charge in [0, 0.05) is 19.1 Å². The molecule has 1 aromatic heterocycles. The van der Waals surface area contributed by atoms with Crippen LogP contribution < -0.4 is 0 Å². The highest BCUT2D eigenvalue weighted by atomic mass is 79.9. The molecule has 0 aromatic carbocycles. The second-order valence-electron chi connectivity index (χ2n) is 5.11. The van der Waals surface area contributed by atoms with Gasteiger partial charge in [-0.05, 0) is 60.4 Å². The van der Waals surface area contributed by atoms with Crippen molar-refractivity contribution in [2.75, 3.05) is 26.2 Å². The molecule has 1 atom stereocenters. The fourth-order valence-electron chi connectivity index (χ4n) is 2.90. The molecule has 0 radical (unpaired) electrons. The van der Waals surface area contributed by atoms with Crippen LogP contribution in [0.5, 0.6) is 0 Å². The van der Waals surface area contributed by atoms with Crippen molar-refractivity contribution in [3.05, 3.63) is 15.9 Å². The third-order valence-corrected chi connectivity index (χ3v) is 7.88. The van der Waals surface area contributed by atoms with E-state index in [0.29, 0.717) is 23.3 Å². The Bertz CT molecular complexity index is 552. The lowest BCUT2D eigenvalue weighted by Gasteiger charge is -2.23. The number of thiophene rings is 1. The molecule has 2 aliphatic rings. The van der Waals surface area contributed by atoms with E-state index in [0.717, 1.165) is 23.3 Å². The van der Waals surface area contributed by atoms with Gasteiger partial charge in [-0.25, -0.2) is 8.42 Å². The highest BCUT2D eigenvalue weighted by Gasteiger charge is 2.36. The van der Waals surface area contributed by atoms with Crippen LogP contribution in [0.2, 0.25) is 0 Å². The normalized spacial score (nSPS) is 26.3. The molecule has 2 fully saturated rings. The molecule has 2 aliphatic heterocycles. The summed E-state index contributed by atoms with van der Waals surface area (Å²) in [4.78, 5) is 2.44. The van der Waals surface area contributed by atoms with Gasteiger partial charge in [-0.3, -0.25) is 4.90 Å². The van der Waals surface area contributed by atoms with Gasteiger partial charge in [-0.1, -0.05) is 0 Å². The minimum absolute atomic E-state index is 0.417. The summed E-state index contributed by atoms with van der Waals surface area (Å²) in [5, 5.41) is 0. The molecule has 1 unspecified atom stereocenters. The van der Waals surface area contributed by atoms with E-state index in [9.17, 15) is 8.42 Å². The predicted molar refractivity (Wildman–Crippen MR) is 80.0 cm³/mol. The molecule has 19 heavy (non-hydrogen) atoms. The topological polar surface area (TPSA) is 40.6 Å². The zero-order chi connectivity index (χ0) is 13.5. The van der Waals surface area contributed by atoms with Crippen molar-refractivity contribution in [3.8, 4) is 0 Å². The Labute approximate surface area is 126 Å². The van der Waals surface area contributed by atoms with Crippen molar-refractivity contribution < 1.29 is 8.42 Å². The summed E-state index contributed by atoms with van der Waals surface area (Å²) < 4.78 is 28.0. The standard InChI is InChI=1S/C12H17BrN2O2S2/c13-11-3-4-12(18-11)19(16,17)15-8-5-10(9-15)14-6-1-2-7-14/h3-4,10H,1-2,5-9H2. The van der Waals surface area contributed by atoms with Crippen molar-refractivity contribution in [2.45, 2.75) is 29.5 Å². The fourth-order valence-corrected chi connectivity index (χ4v) is 6.55. The van der Waals surface area contributed by atoms with Crippen LogP contribution in [0.3, 0.4) is 0 Å². The molecule has 2 saturated heterocycles. The molecular weight excluding hydrogens is 348 g/mol. The first-order chi connectivity index (χ1) is 9.07. The number of likely N-dealkylation sites (tertiary alicyclic amines) is 1. The van der Waals surface area contributed by atoms with Gasteiger partial charge in [0.25, 0.3) is 10.0 Å². The maximum Gasteiger partial charge on any atom is 0.252 e. The Morgan fingerprint density at radius 1 is 1.21 bits per heavy atom. The number of halogens is 1. The summed E-state index contributed by atoms with van der Waals surface area (Å²) in [5.41, 5.74) is 0. The van der Waals surface area contributed by atoms with Gasteiger partial charge < -0.3 is 0 Å². The van der Waals surface area contributed by atoms with Gasteiger partial charge >= 0.3 is 0 Å². The quantitative estimate of drug-likeness (QED) is 0.826. The lowest BCUT2D eigenvalue weighted by Crippen LogP contribution is -2.36. The zero-order valence-corrected chi connectivity index (χ0v) is 13.8. The second-order valence-corrected chi connectivity index (χ2v) is 9.73. The third kappa shape index (κ3) is 2.76. The maximum atomic E-state index is 12.5. The van der Waals surface area contributed by atoms with E-state index in [1.807, 2.05) is 0 Å². The Balaban J connectivity index is 1.73. The Morgan fingerprint density at radius 3 is 2.58 bits per heavy atom. The Hall–Kier alpha value is 0.0500. The number of sulfonamides is 1. The molecule has 0 aliphatic carbocycles. The lowest BCUT2D eigenvalue weighted by molar-refractivity contribution is 0.251. The minimum atomic E-state index is -3.29. The molecule has 1 aromatic rings. The van der Waals surface area contributed by atoms with E-state index < -0.39 is 10.0 Å². The van der Waals surface area contributed by atoms with Gasteiger partial charge in [0.15, 0.2) is 0 Å². The van der Waals surface area contributed by atoms with Crippen LogP contribution in [-0.4, -0.2) is 49.8 Å². The monoisotopic (exact) mass is 364 g/mol. The molecule has 0 bridgehead atoms. The van der Waals surface area contributed by atoms with Crippen LogP contribution in [-0.2, 0) is 10.0 Å². The summed E-state index contributed by atoms with van der Waals surface area (Å²) in [5.74, 6) is 0. The van der Waals surface area contributed by atoms with Crippen LogP contribution in [0.15, 0.2) is 20.1 Å². The number of rotatable bonds is 3. The lowest BCUT2D eigenvalue weighted by atomic mass is 10.2. The average Bonchev–Trinajstić information content (AvgIpc) is 3.10. The summed E-state index contributed by atoms with van der Waals surface area (Å²) in [7, 11) is -3.29. The molecular formula is C12H17BrN2O2S2. The van der Waals surface area contributed by atoms with E-state index in [2.05, 4.69) is 20.8 Å². The van der Waals surface area contributed by atoms with Gasteiger partial charge in [-0.2, -0.15) is 4.31 Å². The van der Waals surface area contributed by atoms with Gasteiger partial charge in [0.1, 0.15) is 4.21 Å². The minimum Gasteiger partial charge on any atom is -0.299 e. The first-order valence-electron chi connectivity index (χ1n) is 6.57. The summed E-state index contributed by atoms with van der Waals surface area (Å²) in [6, 6.07) is 3.90. The van der Waals surface area contributed by atoms with E-state index in [-0.39, 0.29) is 0 Å².